The Morgan fingerprint density at radius 3 is 2.60 bits per heavy atom. The summed E-state index contributed by atoms with van der Waals surface area (Å²) in [5, 5.41) is 14.2. The number of fused-ring (bicyclic) bond motifs is 6. The number of H-pyrrole nitrogens is 1. The molecule has 3 saturated heterocycles. The number of hydrogen-bond acceptors (Lipinski definition) is 5. The zero-order valence-corrected chi connectivity index (χ0v) is 28.7. The second-order valence-electron chi connectivity index (χ2n) is 14.4. The van der Waals surface area contributed by atoms with Crippen LogP contribution in [0.3, 0.4) is 0 Å². The first-order valence-corrected chi connectivity index (χ1v) is 17.9. The van der Waals surface area contributed by atoms with E-state index in [1.807, 2.05) is 0 Å². The number of nitrogens with one attached hydrogen (secondary N) is 2. The molecule has 50 heavy (non-hydrogen) atoms. The van der Waals surface area contributed by atoms with Gasteiger partial charge in [-0.15, -0.1) is 0 Å². The Balaban J connectivity index is 0.000000538. The summed E-state index contributed by atoms with van der Waals surface area (Å²) >= 11 is 12.8. The number of likely N-dealkylation sites (tertiary alicyclic amines) is 1. The van der Waals surface area contributed by atoms with E-state index < -0.39 is 48.1 Å². The van der Waals surface area contributed by atoms with Crippen molar-refractivity contribution in [2.45, 2.75) is 94.8 Å². The summed E-state index contributed by atoms with van der Waals surface area (Å²) < 4.78 is 63.2. The minimum atomic E-state index is -2.98. The molecule has 3 aliphatic heterocycles. The van der Waals surface area contributed by atoms with Crippen LogP contribution in [0.2, 0.25) is 10.0 Å². The Bertz CT molecular complexity index is 2040. The zero-order valence-electron chi connectivity index (χ0n) is 27.2. The fraction of sp³-hybridized carbons (Fsp3) is 0.486. The second-order valence-corrected chi connectivity index (χ2v) is 15.2. The van der Waals surface area contributed by atoms with Crippen molar-refractivity contribution in [3.63, 3.8) is 0 Å². The van der Waals surface area contributed by atoms with Crippen LogP contribution >= 0.6 is 23.2 Å². The van der Waals surface area contributed by atoms with E-state index in [9.17, 15) is 18.8 Å². The summed E-state index contributed by atoms with van der Waals surface area (Å²) in [6.07, 6.45) is 3.37. The molecule has 1 amide bonds. The summed E-state index contributed by atoms with van der Waals surface area (Å²) in [5.41, 5.74) is 0.779. The van der Waals surface area contributed by atoms with Crippen molar-refractivity contribution >= 4 is 50.9 Å². The van der Waals surface area contributed by atoms with E-state index in [0.29, 0.717) is 45.2 Å². The number of aromatic nitrogens is 2. The van der Waals surface area contributed by atoms with Crippen molar-refractivity contribution in [1.29, 1.82) is 5.26 Å². The maximum Gasteiger partial charge on any atom is 0.345 e. The third kappa shape index (κ3) is 5.63. The minimum absolute atomic E-state index is 0.0654. The van der Waals surface area contributed by atoms with Gasteiger partial charge in [-0.25, -0.2) is 13.8 Å². The molecule has 6 fully saturated rings. The highest BCUT2D eigenvalue weighted by Gasteiger charge is 2.61. The summed E-state index contributed by atoms with van der Waals surface area (Å²) in [6.45, 7) is 0.0574. The van der Waals surface area contributed by atoms with E-state index in [1.54, 1.807) is 37.3 Å². The molecule has 4 bridgehead atoms. The van der Waals surface area contributed by atoms with Gasteiger partial charge in [-0.1, -0.05) is 35.3 Å². The van der Waals surface area contributed by atoms with E-state index >= 15 is 8.78 Å². The standard InChI is InChI=1S/C32H26Cl2F4N4O2.C5H9N/c1-14-18-13-22(29-19-11-16(12-23(19)44-31(36)37)42(29)30(43)32(38)7-8-32)41-27(18)20-10-15(4-3-9-39)24(26(35)28(20)40-14)17-5-2-6-21(33)25(17)34;1-4-2-5(1)6-3-4/h2,5-6,10,13,16,19,23,29,31,41H,3-4,7-8,11-12H2,1H3;4-6H,1-3H2/t16-,19?,23?,29?;/m1./s1. The molecule has 2 aromatic heterocycles. The highest BCUT2D eigenvalue weighted by atomic mass is 35.5. The summed E-state index contributed by atoms with van der Waals surface area (Å²) in [5.74, 6) is -0.657. The topological polar surface area (TPSA) is 94.0 Å². The quantitative estimate of drug-likeness (QED) is 0.186. The first kappa shape index (κ1) is 33.7. The van der Waals surface area contributed by atoms with Gasteiger partial charge in [-0.2, -0.15) is 14.0 Å². The summed E-state index contributed by atoms with van der Waals surface area (Å²) in [6, 6.07) is 10.4. The van der Waals surface area contributed by atoms with Gasteiger partial charge in [0.25, 0.3) is 5.91 Å². The zero-order chi connectivity index (χ0) is 35.1. The van der Waals surface area contributed by atoms with Crippen molar-refractivity contribution in [1.82, 2.24) is 20.2 Å². The SMILES string of the molecule is C1NC2CC1C2.Cc1nc2c(F)c(-c3cccc(Cl)c3Cl)c(CCC#N)cc2c2[nH]c(C3C4C[C@H](CC4OC(F)F)N3C(=O)C3(F)CC3)cc12. The lowest BCUT2D eigenvalue weighted by Crippen LogP contribution is -2.48. The van der Waals surface area contributed by atoms with Crippen molar-refractivity contribution in [3.8, 4) is 17.2 Å². The van der Waals surface area contributed by atoms with Crippen LogP contribution in [0, 0.1) is 35.9 Å². The molecular formula is C37H35Cl2F4N5O2. The lowest BCUT2D eigenvalue weighted by atomic mass is 9.87. The number of rotatable bonds is 7. The van der Waals surface area contributed by atoms with Crippen LogP contribution in [0.4, 0.5) is 17.6 Å². The molecule has 3 saturated carbocycles. The van der Waals surface area contributed by atoms with Crippen LogP contribution in [-0.2, 0) is 16.0 Å². The molecule has 3 aliphatic carbocycles. The van der Waals surface area contributed by atoms with Gasteiger partial charge in [0.15, 0.2) is 11.5 Å². The Morgan fingerprint density at radius 1 is 1.18 bits per heavy atom. The number of amides is 1. The predicted molar refractivity (Wildman–Crippen MR) is 182 cm³/mol. The van der Waals surface area contributed by atoms with Crippen LogP contribution < -0.4 is 5.32 Å². The highest BCUT2D eigenvalue weighted by Crippen LogP contribution is 2.55. The lowest BCUT2D eigenvalue weighted by Gasteiger charge is -2.39. The molecule has 2 aromatic carbocycles. The molecule has 0 spiro atoms. The van der Waals surface area contributed by atoms with Crippen molar-refractivity contribution in [2.24, 2.45) is 11.8 Å². The van der Waals surface area contributed by atoms with Crippen LogP contribution in [-0.4, -0.2) is 57.8 Å². The molecule has 4 aromatic rings. The number of hydrogen-bond donors (Lipinski definition) is 2. The van der Waals surface area contributed by atoms with Gasteiger partial charge in [0.2, 0.25) is 0 Å². The number of pyridine rings is 1. The van der Waals surface area contributed by atoms with Crippen molar-refractivity contribution in [3.05, 3.63) is 63.1 Å². The van der Waals surface area contributed by atoms with Crippen LogP contribution in [0.25, 0.3) is 32.9 Å². The normalized spacial score (nSPS) is 27.1. The highest BCUT2D eigenvalue weighted by molar-refractivity contribution is 6.43. The number of benzene rings is 2. The van der Waals surface area contributed by atoms with Gasteiger partial charge in [0, 0.05) is 57.7 Å². The molecule has 3 unspecified atom stereocenters. The Kier molecular flexibility index (Phi) is 8.53. The maximum absolute atomic E-state index is 16.5. The fourth-order valence-electron chi connectivity index (χ4n) is 8.64. The number of alkyl halides is 3. The van der Waals surface area contributed by atoms with Gasteiger partial charge < -0.3 is 19.9 Å². The number of halogens is 6. The number of carbonyl (C=O) groups is 1. The third-order valence-corrected chi connectivity index (χ3v) is 12.1. The smallest absolute Gasteiger partial charge is 0.345 e. The van der Waals surface area contributed by atoms with Gasteiger partial charge in [0.05, 0.1) is 33.8 Å². The molecule has 6 aliphatic rings. The Morgan fingerprint density at radius 2 is 1.96 bits per heavy atom. The third-order valence-electron chi connectivity index (χ3n) is 11.3. The molecule has 0 radical (unpaired) electrons. The predicted octanol–water partition coefficient (Wildman–Crippen LogP) is 8.73. The maximum atomic E-state index is 16.5. The first-order valence-electron chi connectivity index (χ1n) is 17.1. The molecule has 4 atom stereocenters. The molecule has 5 heterocycles. The summed E-state index contributed by atoms with van der Waals surface area (Å²) in [4.78, 5) is 22.8. The Labute approximate surface area is 296 Å². The summed E-state index contributed by atoms with van der Waals surface area (Å²) in [7, 11) is 0. The minimum Gasteiger partial charge on any atom is -0.356 e. The average Bonchev–Trinajstić information content (AvgIpc) is 3.68. The molecular weight excluding hydrogens is 693 g/mol. The number of aromatic amines is 1. The van der Waals surface area contributed by atoms with Gasteiger partial charge in [-0.05, 0) is 88.1 Å². The molecule has 13 heteroatoms. The molecule has 10 rings (SSSR count). The number of piperidine rings is 1. The average molecular weight is 729 g/mol. The van der Waals surface area contributed by atoms with Crippen LogP contribution in [0.5, 0.6) is 0 Å². The Hall–Kier alpha value is -3.43. The van der Waals surface area contributed by atoms with Gasteiger partial charge in [0.1, 0.15) is 5.52 Å². The van der Waals surface area contributed by atoms with E-state index in [4.69, 9.17) is 27.9 Å². The molecule has 7 nitrogen and oxygen atoms in total. The number of aryl methyl sites for hydroxylation is 2. The van der Waals surface area contributed by atoms with Gasteiger partial charge >= 0.3 is 6.61 Å². The van der Waals surface area contributed by atoms with Crippen molar-refractivity contribution < 1.29 is 27.1 Å². The number of nitriles is 1. The number of nitrogens with zero attached hydrogens (tertiary/aromatic N) is 3. The van der Waals surface area contributed by atoms with Crippen molar-refractivity contribution in [2.75, 3.05) is 6.54 Å². The molecule has 262 valence electrons. The number of carbonyl (C=O) groups excluding carboxylic acids is 1. The van der Waals surface area contributed by atoms with E-state index in [0.717, 1.165) is 12.0 Å². The van der Waals surface area contributed by atoms with E-state index in [-0.39, 0.29) is 53.2 Å². The van der Waals surface area contributed by atoms with E-state index in [1.165, 1.54) is 24.3 Å². The largest absolute Gasteiger partial charge is 0.356 e. The van der Waals surface area contributed by atoms with Gasteiger partial charge in [-0.3, -0.25) is 4.79 Å². The second kappa shape index (κ2) is 12.7. The fourth-order valence-corrected chi connectivity index (χ4v) is 9.04. The monoisotopic (exact) mass is 727 g/mol. The lowest BCUT2D eigenvalue weighted by molar-refractivity contribution is -0.185. The van der Waals surface area contributed by atoms with Crippen LogP contribution in [0.1, 0.15) is 67.9 Å². The van der Waals surface area contributed by atoms with Crippen LogP contribution in [0.15, 0.2) is 30.3 Å². The molecule has 2 N–H and O–H groups in total. The van der Waals surface area contributed by atoms with E-state index in [2.05, 4.69) is 21.4 Å². The number of ether oxygens (including phenoxy) is 1. The first-order chi connectivity index (χ1) is 24.0.